The molecule has 0 spiro atoms. The lowest BCUT2D eigenvalue weighted by Gasteiger charge is -2.35. The molecule has 7 heteroatoms. The van der Waals surface area contributed by atoms with Gasteiger partial charge in [-0.05, 0) is 38.8 Å². The van der Waals surface area contributed by atoms with E-state index in [-0.39, 0.29) is 6.10 Å². The fraction of sp³-hybridized carbons (Fsp3) is 0.789. The van der Waals surface area contributed by atoms with E-state index in [0.29, 0.717) is 12.5 Å². The molecule has 2 aliphatic rings. The molecule has 2 saturated heterocycles. The molecule has 1 aromatic heterocycles. The molecular formula is C19H34N6O. The monoisotopic (exact) mass is 362 g/mol. The van der Waals surface area contributed by atoms with Gasteiger partial charge in [0.1, 0.15) is 6.10 Å². The van der Waals surface area contributed by atoms with Crippen LogP contribution < -0.4 is 5.32 Å². The van der Waals surface area contributed by atoms with Crippen LogP contribution >= 0.6 is 0 Å². The zero-order valence-corrected chi connectivity index (χ0v) is 16.5. The summed E-state index contributed by atoms with van der Waals surface area (Å²) in [4.78, 5) is 9.84. The Morgan fingerprint density at radius 3 is 2.88 bits per heavy atom. The van der Waals surface area contributed by atoms with Crippen molar-refractivity contribution in [3.05, 3.63) is 18.0 Å². The van der Waals surface area contributed by atoms with Crippen LogP contribution in [0, 0.1) is 5.92 Å². The fourth-order valence-electron chi connectivity index (χ4n) is 3.78. The summed E-state index contributed by atoms with van der Waals surface area (Å²) in [6.45, 7) is 12.3. The summed E-state index contributed by atoms with van der Waals surface area (Å²) < 4.78 is 7.80. The van der Waals surface area contributed by atoms with Crippen molar-refractivity contribution in [2.24, 2.45) is 18.0 Å². The number of hydrogen-bond acceptors (Lipinski definition) is 4. The van der Waals surface area contributed by atoms with E-state index in [4.69, 9.17) is 9.73 Å². The zero-order valence-electron chi connectivity index (χ0n) is 16.5. The van der Waals surface area contributed by atoms with E-state index < -0.39 is 0 Å². The second-order valence-electron chi connectivity index (χ2n) is 7.56. The second kappa shape index (κ2) is 9.37. The smallest absolute Gasteiger partial charge is 0.194 e. The first-order valence-electron chi connectivity index (χ1n) is 10.0. The molecule has 1 aromatic rings. The van der Waals surface area contributed by atoms with Gasteiger partial charge in [-0.2, -0.15) is 5.10 Å². The van der Waals surface area contributed by atoms with Gasteiger partial charge in [-0.1, -0.05) is 6.92 Å². The SMILES string of the molecule is CCNC(=NCC(C)CN1CCCC1)N1CCOC(c2cnn(C)c2)C1. The summed E-state index contributed by atoms with van der Waals surface area (Å²) >= 11 is 0. The third kappa shape index (κ3) is 5.20. The van der Waals surface area contributed by atoms with Crippen LogP contribution in [0.5, 0.6) is 0 Å². The number of likely N-dealkylation sites (tertiary alicyclic amines) is 1. The summed E-state index contributed by atoms with van der Waals surface area (Å²) in [5.74, 6) is 1.59. The molecule has 2 atom stereocenters. The van der Waals surface area contributed by atoms with Gasteiger partial charge in [-0.3, -0.25) is 9.67 Å². The molecule has 2 aliphatic heterocycles. The molecule has 2 unspecified atom stereocenters. The van der Waals surface area contributed by atoms with Crippen LogP contribution in [0.1, 0.15) is 38.4 Å². The quantitative estimate of drug-likeness (QED) is 0.614. The van der Waals surface area contributed by atoms with E-state index in [0.717, 1.165) is 44.2 Å². The fourth-order valence-corrected chi connectivity index (χ4v) is 3.78. The van der Waals surface area contributed by atoms with Gasteiger partial charge in [0.2, 0.25) is 0 Å². The van der Waals surface area contributed by atoms with Gasteiger partial charge in [0, 0.05) is 45.0 Å². The lowest BCUT2D eigenvalue weighted by atomic mass is 10.1. The third-order valence-electron chi connectivity index (χ3n) is 5.12. The molecule has 1 N–H and O–H groups in total. The van der Waals surface area contributed by atoms with Crippen LogP contribution in [0.4, 0.5) is 0 Å². The van der Waals surface area contributed by atoms with Crippen molar-refractivity contribution >= 4 is 5.96 Å². The Kier molecular flexibility index (Phi) is 6.91. The summed E-state index contributed by atoms with van der Waals surface area (Å²) in [6.07, 6.45) is 6.69. The first-order chi connectivity index (χ1) is 12.7. The highest BCUT2D eigenvalue weighted by Gasteiger charge is 2.25. The normalized spacial score (nSPS) is 23.4. The standard InChI is InChI=1S/C19H34N6O/c1-4-20-19(21-11-16(2)13-24-7-5-6-8-24)25-9-10-26-18(15-25)17-12-22-23(3)14-17/h12,14,16,18H,4-11,13,15H2,1-3H3,(H,20,21). The van der Waals surface area contributed by atoms with Crippen LogP contribution in [-0.2, 0) is 11.8 Å². The highest BCUT2D eigenvalue weighted by molar-refractivity contribution is 5.80. The largest absolute Gasteiger partial charge is 0.370 e. The first kappa shape index (κ1) is 19.2. The molecule has 3 rings (SSSR count). The average Bonchev–Trinajstić information content (AvgIpc) is 3.30. The first-order valence-corrected chi connectivity index (χ1v) is 10.0. The Morgan fingerprint density at radius 2 is 2.19 bits per heavy atom. The van der Waals surface area contributed by atoms with Crippen molar-refractivity contribution in [3.8, 4) is 0 Å². The predicted molar refractivity (Wildman–Crippen MR) is 104 cm³/mol. The average molecular weight is 363 g/mol. The summed E-state index contributed by atoms with van der Waals surface area (Å²) in [6, 6.07) is 0. The molecule has 0 amide bonds. The van der Waals surface area contributed by atoms with Crippen molar-refractivity contribution in [3.63, 3.8) is 0 Å². The van der Waals surface area contributed by atoms with Crippen LogP contribution in [0.3, 0.4) is 0 Å². The van der Waals surface area contributed by atoms with Crippen molar-refractivity contribution in [1.82, 2.24) is 24.9 Å². The van der Waals surface area contributed by atoms with E-state index >= 15 is 0 Å². The minimum absolute atomic E-state index is 0.0586. The van der Waals surface area contributed by atoms with Crippen molar-refractivity contribution < 1.29 is 4.74 Å². The summed E-state index contributed by atoms with van der Waals surface area (Å²) in [5.41, 5.74) is 1.13. The number of ether oxygens (including phenoxy) is 1. The van der Waals surface area contributed by atoms with Gasteiger partial charge in [0.25, 0.3) is 0 Å². The molecule has 0 aromatic carbocycles. The van der Waals surface area contributed by atoms with E-state index in [2.05, 4.69) is 34.1 Å². The Hall–Kier alpha value is -1.60. The van der Waals surface area contributed by atoms with Gasteiger partial charge < -0.3 is 19.9 Å². The number of aromatic nitrogens is 2. The molecule has 2 fully saturated rings. The van der Waals surface area contributed by atoms with Gasteiger partial charge in [0.05, 0.1) is 19.3 Å². The van der Waals surface area contributed by atoms with Crippen molar-refractivity contribution in [2.45, 2.75) is 32.8 Å². The molecular weight excluding hydrogens is 328 g/mol. The number of aliphatic imine (C=N–C) groups is 1. The van der Waals surface area contributed by atoms with Crippen LogP contribution in [0.15, 0.2) is 17.4 Å². The molecule has 0 bridgehead atoms. The summed E-state index contributed by atoms with van der Waals surface area (Å²) in [5, 5.41) is 7.74. The molecule has 0 saturated carbocycles. The Morgan fingerprint density at radius 1 is 1.38 bits per heavy atom. The van der Waals surface area contributed by atoms with E-state index in [1.165, 1.54) is 25.9 Å². The maximum Gasteiger partial charge on any atom is 0.194 e. The number of aryl methyl sites for hydroxylation is 1. The zero-order chi connectivity index (χ0) is 18.4. The maximum atomic E-state index is 5.97. The second-order valence-corrected chi connectivity index (χ2v) is 7.56. The number of nitrogens with zero attached hydrogens (tertiary/aromatic N) is 5. The molecule has 0 aliphatic carbocycles. The van der Waals surface area contributed by atoms with Gasteiger partial charge in [-0.15, -0.1) is 0 Å². The van der Waals surface area contributed by atoms with Crippen molar-refractivity contribution in [1.29, 1.82) is 0 Å². The Balaban J connectivity index is 1.58. The lowest BCUT2D eigenvalue weighted by Crippen LogP contribution is -2.48. The maximum absolute atomic E-state index is 5.97. The molecule has 3 heterocycles. The van der Waals surface area contributed by atoms with Crippen LogP contribution in [-0.4, -0.2) is 78.0 Å². The van der Waals surface area contributed by atoms with Crippen molar-refractivity contribution in [2.75, 3.05) is 52.4 Å². The Bertz CT molecular complexity index is 580. The number of hydrogen-bond donors (Lipinski definition) is 1. The van der Waals surface area contributed by atoms with E-state index in [1.54, 1.807) is 0 Å². The lowest BCUT2D eigenvalue weighted by molar-refractivity contribution is -0.00806. The highest BCUT2D eigenvalue weighted by Crippen LogP contribution is 2.21. The topological polar surface area (TPSA) is 57.9 Å². The number of rotatable bonds is 6. The van der Waals surface area contributed by atoms with Gasteiger partial charge >= 0.3 is 0 Å². The summed E-state index contributed by atoms with van der Waals surface area (Å²) in [7, 11) is 1.94. The third-order valence-corrected chi connectivity index (χ3v) is 5.12. The van der Waals surface area contributed by atoms with Crippen LogP contribution in [0.25, 0.3) is 0 Å². The number of guanidine groups is 1. The molecule has 146 valence electrons. The minimum Gasteiger partial charge on any atom is -0.370 e. The molecule has 7 nitrogen and oxygen atoms in total. The molecule has 26 heavy (non-hydrogen) atoms. The van der Waals surface area contributed by atoms with Gasteiger partial charge in [-0.25, -0.2) is 0 Å². The predicted octanol–water partition coefficient (Wildman–Crippen LogP) is 1.49. The molecule has 0 radical (unpaired) electrons. The van der Waals surface area contributed by atoms with Crippen LogP contribution in [0.2, 0.25) is 0 Å². The minimum atomic E-state index is 0.0586. The van der Waals surface area contributed by atoms with E-state index in [1.807, 2.05) is 24.1 Å². The Labute approximate surface area is 157 Å². The van der Waals surface area contributed by atoms with Gasteiger partial charge in [0.15, 0.2) is 5.96 Å². The number of nitrogens with one attached hydrogen (secondary N) is 1. The highest BCUT2D eigenvalue weighted by atomic mass is 16.5. The number of morpholine rings is 1. The van der Waals surface area contributed by atoms with E-state index in [9.17, 15) is 0 Å².